The average molecular weight is 318 g/mol. The van der Waals surface area contributed by atoms with Gasteiger partial charge in [0.05, 0.1) is 4.47 Å². The first kappa shape index (κ1) is 11.7. The Balaban J connectivity index is 1.64. The number of hydrogen-bond acceptors (Lipinski definition) is 4. The van der Waals surface area contributed by atoms with Gasteiger partial charge in [-0.1, -0.05) is 0 Å². The van der Waals surface area contributed by atoms with Gasteiger partial charge in [-0.05, 0) is 46.8 Å². The molecular weight excluding hydrogens is 304 g/mol. The molecule has 1 aromatic rings. The second-order valence-corrected chi connectivity index (χ2v) is 5.88. The standard InChI is InChI=1S/C11H14BrClN4/c12-9-5-14-11(13)16-10(9)15-7-3-4-17(6-7)8-1-2-8/h5,7-8H,1-4,6H2,(H,14,15,16). The lowest BCUT2D eigenvalue weighted by molar-refractivity contribution is 0.326. The predicted octanol–water partition coefficient (Wildman–Crippen LogP) is 2.54. The van der Waals surface area contributed by atoms with Crippen LogP contribution in [0.4, 0.5) is 5.82 Å². The van der Waals surface area contributed by atoms with Crippen LogP contribution in [-0.2, 0) is 0 Å². The number of halogens is 2. The van der Waals surface area contributed by atoms with Gasteiger partial charge < -0.3 is 5.32 Å². The Morgan fingerprint density at radius 1 is 1.41 bits per heavy atom. The third kappa shape index (κ3) is 2.72. The fourth-order valence-corrected chi connectivity index (χ4v) is 2.76. The lowest BCUT2D eigenvalue weighted by Crippen LogP contribution is -2.28. The van der Waals surface area contributed by atoms with Crippen molar-refractivity contribution in [3.63, 3.8) is 0 Å². The number of hydrogen-bond donors (Lipinski definition) is 1. The van der Waals surface area contributed by atoms with Crippen molar-refractivity contribution in [3.8, 4) is 0 Å². The van der Waals surface area contributed by atoms with Crippen LogP contribution in [0.2, 0.25) is 5.28 Å². The van der Waals surface area contributed by atoms with Gasteiger partial charge in [0, 0.05) is 31.4 Å². The summed E-state index contributed by atoms with van der Waals surface area (Å²) in [6, 6.07) is 1.32. The van der Waals surface area contributed by atoms with Gasteiger partial charge in [-0.25, -0.2) is 4.98 Å². The molecule has 6 heteroatoms. The summed E-state index contributed by atoms with van der Waals surface area (Å²) in [6.07, 6.45) is 5.60. The van der Waals surface area contributed by atoms with Crippen LogP contribution in [0.1, 0.15) is 19.3 Å². The summed E-state index contributed by atoms with van der Waals surface area (Å²) in [4.78, 5) is 10.7. The first-order chi connectivity index (χ1) is 8.22. The quantitative estimate of drug-likeness (QED) is 0.870. The molecule has 1 atom stereocenters. The van der Waals surface area contributed by atoms with Crippen LogP contribution in [0.25, 0.3) is 0 Å². The minimum atomic E-state index is 0.285. The fraction of sp³-hybridized carbons (Fsp3) is 0.636. The Kier molecular flexibility index (Phi) is 3.23. The molecule has 1 aliphatic carbocycles. The lowest BCUT2D eigenvalue weighted by atomic mass is 10.2. The average Bonchev–Trinajstić information content (AvgIpc) is 3.05. The highest BCUT2D eigenvalue weighted by molar-refractivity contribution is 9.10. The molecule has 0 aromatic carbocycles. The molecule has 0 bridgehead atoms. The van der Waals surface area contributed by atoms with E-state index in [0.717, 1.165) is 22.9 Å². The SMILES string of the molecule is Clc1ncc(Br)c(NC2CCN(C3CC3)C2)n1. The summed E-state index contributed by atoms with van der Waals surface area (Å²) in [5.41, 5.74) is 0. The molecule has 1 unspecified atom stereocenters. The molecule has 0 amide bonds. The summed E-state index contributed by atoms with van der Waals surface area (Å²) in [5, 5.41) is 3.72. The van der Waals surface area contributed by atoms with Crippen LogP contribution in [0.15, 0.2) is 10.7 Å². The maximum atomic E-state index is 5.80. The summed E-state index contributed by atoms with van der Waals surface area (Å²) in [7, 11) is 0. The van der Waals surface area contributed by atoms with Gasteiger partial charge in [-0.3, -0.25) is 4.90 Å². The molecule has 1 aromatic heterocycles. The van der Waals surface area contributed by atoms with E-state index in [4.69, 9.17) is 11.6 Å². The van der Waals surface area contributed by atoms with Crippen molar-refractivity contribution >= 4 is 33.3 Å². The second kappa shape index (κ2) is 4.71. The number of likely N-dealkylation sites (tertiary alicyclic amines) is 1. The van der Waals surface area contributed by atoms with Gasteiger partial charge in [0.15, 0.2) is 0 Å². The predicted molar refractivity (Wildman–Crippen MR) is 71.4 cm³/mol. The molecule has 1 N–H and O–H groups in total. The van der Waals surface area contributed by atoms with Gasteiger partial charge in [-0.2, -0.15) is 4.98 Å². The van der Waals surface area contributed by atoms with Gasteiger partial charge >= 0.3 is 0 Å². The van der Waals surface area contributed by atoms with Crippen LogP contribution in [0.3, 0.4) is 0 Å². The number of nitrogens with zero attached hydrogens (tertiary/aromatic N) is 3. The highest BCUT2D eigenvalue weighted by Crippen LogP contribution is 2.31. The molecule has 92 valence electrons. The van der Waals surface area contributed by atoms with Crippen molar-refractivity contribution < 1.29 is 0 Å². The monoisotopic (exact) mass is 316 g/mol. The number of anilines is 1. The zero-order valence-electron chi connectivity index (χ0n) is 9.37. The molecule has 4 nitrogen and oxygen atoms in total. The molecule has 17 heavy (non-hydrogen) atoms. The molecule has 2 aliphatic rings. The van der Waals surface area contributed by atoms with Gasteiger partial charge in [0.1, 0.15) is 5.82 Å². The Morgan fingerprint density at radius 2 is 2.24 bits per heavy atom. The summed E-state index contributed by atoms with van der Waals surface area (Å²) in [6.45, 7) is 2.30. The van der Waals surface area contributed by atoms with Crippen LogP contribution in [0, 0.1) is 0 Å². The van der Waals surface area contributed by atoms with Crippen LogP contribution >= 0.6 is 27.5 Å². The summed E-state index contributed by atoms with van der Waals surface area (Å²) >= 11 is 9.23. The number of nitrogens with one attached hydrogen (secondary N) is 1. The molecule has 2 heterocycles. The molecular formula is C11H14BrClN4. The maximum absolute atomic E-state index is 5.80. The van der Waals surface area contributed by atoms with E-state index >= 15 is 0 Å². The Labute approximate surface area is 114 Å². The van der Waals surface area contributed by atoms with E-state index in [1.54, 1.807) is 6.20 Å². The smallest absolute Gasteiger partial charge is 0.224 e. The number of rotatable bonds is 3. The Hall–Kier alpha value is -0.390. The van der Waals surface area contributed by atoms with Crippen molar-refractivity contribution in [2.75, 3.05) is 18.4 Å². The first-order valence-corrected chi connectivity index (χ1v) is 7.08. The fourth-order valence-electron chi connectivity index (χ4n) is 2.32. The molecule has 1 saturated carbocycles. The second-order valence-electron chi connectivity index (χ2n) is 4.69. The normalized spacial score (nSPS) is 25.2. The van der Waals surface area contributed by atoms with Crippen LogP contribution in [-0.4, -0.2) is 40.0 Å². The molecule has 2 fully saturated rings. The van der Waals surface area contributed by atoms with E-state index in [-0.39, 0.29) is 5.28 Å². The highest BCUT2D eigenvalue weighted by atomic mass is 79.9. The topological polar surface area (TPSA) is 41.1 Å². The van der Waals surface area contributed by atoms with Gasteiger partial charge in [0.25, 0.3) is 0 Å². The minimum absolute atomic E-state index is 0.285. The zero-order chi connectivity index (χ0) is 11.8. The van der Waals surface area contributed by atoms with Crippen molar-refractivity contribution in [3.05, 3.63) is 16.0 Å². The van der Waals surface area contributed by atoms with Crippen molar-refractivity contribution in [2.24, 2.45) is 0 Å². The van der Waals surface area contributed by atoms with E-state index in [1.807, 2.05) is 0 Å². The molecule has 1 aliphatic heterocycles. The van der Waals surface area contributed by atoms with E-state index in [9.17, 15) is 0 Å². The van der Waals surface area contributed by atoms with E-state index in [1.165, 1.54) is 25.8 Å². The molecule has 3 rings (SSSR count). The maximum Gasteiger partial charge on any atom is 0.224 e. The Bertz CT molecular complexity index is 424. The zero-order valence-corrected chi connectivity index (χ0v) is 11.7. The summed E-state index contributed by atoms with van der Waals surface area (Å²) in [5.74, 6) is 0.799. The summed E-state index contributed by atoms with van der Waals surface area (Å²) < 4.78 is 0.867. The first-order valence-electron chi connectivity index (χ1n) is 5.91. The van der Waals surface area contributed by atoms with Gasteiger partial charge in [-0.15, -0.1) is 0 Å². The van der Waals surface area contributed by atoms with Crippen molar-refractivity contribution in [1.29, 1.82) is 0 Å². The highest BCUT2D eigenvalue weighted by Gasteiger charge is 2.34. The van der Waals surface area contributed by atoms with Gasteiger partial charge in [0.2, 0.25) is 5.28 Å². The van der Waals surface area contributed by atoms with E-state index in [0.29, 0.717) is 6.04 Å². The Morgan fingerprint density at radius 3 is 3.00 bits per heavy atom. The minimum Gasteiger partial charge on any atom is -0.365 e. The van der Waals surface area contributed by atoms with Crippen LogP contribution in [0.5, 0.6) is 0 Å². The third-order valence-electron chi connectivity index (χ3n) is 3.34. The van der Waals surface area contributed by atoms with E-state index < -0.39 is 0 Å². The van der Waals surface area contributed by atoms with Crippen molar-refractivity contribution in [1.82, 2.24) is 14.9 Å². The molecule has 1 saturated heterocycles. The molecule has 0 spiro atoms. The number of aromatic nitrogens is 2. The lowest BCUT2D eigenvalue weighted by Gasteiger charge is -2.16. The van der Waals surface area contributed by atoms with E-state index in [2.05, 4.69) is 36.1 Å². The largest absolute Gasteiger partial charge is 0.365 e. The van der Waals surface area contributed by atoms with Crippen LogP contribution < -0.4 is 5.32 Å². The molecule has 0 radical (unpaired) electrons. The third-order valence-corrected chi connectivity index (χ3v) is 4.10. The van der Waals surface area contributed by atoms with Crippen molar-refractivity contribution in [2.45, 2.75) is 31.3 Å².